The van der Waals surface area contributed by atoms with Crippen LogP contribution in [0.1, 0.15) is 42.9 Å². The lowest BCUT2D eigenvalue weighted by Crippen LogP contribution is -2.35. The molecule has 2 aromatic carbocycles. The topological polar surface area (TPSA) is 50.2 Å². The number of amides is 1. The Morgan fingerprint density at radius 3 is 2.44 bits per heavy atom. The normalized spacial score (nSPS) is 15.1. The summed E-state index contributed by atoms with van der Waals surface area (Å²) in [5, 5.41) is 7.44. The molecule has 32 heavy (non-hydrogen) atoms. The monoisotopic (exact) mass is 438 g/mol. The highest BCUT2D eigenvalue weighted by Crippen LogP contribution is 2.26. The molecule has 1 amide bonds. The lowest BCUT2D eigenvalue weighted by molar-refractivity contribution is -0.116. The van der Waals surface area contributed by atoms with Crippen LogP contribution in [0.3, 0.4) is 0 Å². The zero-order valence-corrected chi connectivity index (χ0v) is 18.0. The van der Waals surface area contributed by atoms with Crippen molar-refractivity contribution in [1.82, 2.24) is 14.7 Å². The van der Waals surface area contributed by atoms with Crippen LogP contribution < -0.4 is 5.32 Å². The van der Waals surface area contributed by atoms with E-state index in [-0.39, 0.29) is 11.9 Å². The van der Waals surface area contributed by atoms with Gasteiger partial charge in [-0.2, -0.15) is 5.10 Å². The molecule has 0 bridgehead atoms. The molecule has 0 radical (unpaired) electrons. The Morgan fingerprint density at radius 1 is 1.00 bits per heavy atom. The van der Waals surface area contributed by atoms with E-state index in [0.717, 1.165) is 50.7 Å². The van der Waals surface area contributed by atoms with Gasteiger partial charge in [-0.1, -0.05) is 30.3 Å². The summed E-state index contributed by atoms with van der Waals surface area (Å²) in [7, 11) is 0. The van der Waals surface area contributed by atoms with Crippen molar-refractivity contribution < 1.29 is 13.6 Å². The standard InChI is InChI=1S/C25H28F2N4O/c26-21-15-20(16-22(27)17-21)18-30-13-10-23(11-14-30)31-24(9-12-28-31)29-25(32)8-4-7-19-5-2-1-3-6-19/h1-3,5-6,9,12,15-17,23H,4,7-8,10-11,13-14,18H2,(H,29,32). The average molecular weight is 439 g/mol. The molecular weight excluding hydrogens is 410 g/mol. The zero-order valence-electron chi connectivity index (χ0n) is 18.0. The first-order valence-electron chi connectivity index (χ1n) is 11.1. The van der Waals surface area contributed by atoms with Gasteiger partial charge in [0.25, 0.3) is 0 Å². The summed E-state index contributed by atoms with van der Waals surface area (Å²) >= 11 is 0. The number of carbonyl (C=O) groups excluding carboxylic acids is 1. The molecule has 1 N–H and O–H groups in total. The molecule has 4 rings (SSSR count). The van der Waals surface area contributed by atoms with E-state index in [1.807, 2.05) is 28.9 Å². The lowest BCUT2D eigenvalue weighted by Gasteiger charge is -2.32. The third-order valence-electron chi connectivity index (χ3n) is 5.88. The number of aromatic nitrogens is 2. The first kappa shape index (κ1) is 22.1. The molecular formula is C25H28F2N4O. The summed E-state index contributed by atoms with van der Waals surface area (Å²) in [5.74, 6) is -0.375. The van der Waals surface area contributed by atoms with Gasteiger partial charge < -0.3 is 5.32 Å². The van der Waals surface area contributed by atoms with E-state index >= 15 is 0 Å². The Kier molecular flexibility index (Phi) is 7.27. The quantitative estimate of drug-likeness (QED) is 0.541. The van der Waals surface area contributed by atoms with Crippen molar-refractivity contribution >= 4 is 11.7 Å². The highest BCUT2D eigenvalue weighted by molar-refractivity contribution is 5.89. The minimum atomic E-state index is -0.546. The van der Waals surface area contributed by atoms with Gasteiger partial charge in [-0.15, -0.1) is 0 Å². The lowest BCUT2D eigenvalue weighted by atomic mass is 10.0. The van der Waals surface area contributed by atoms with E-state index in [1.54, 1.807) is 6.20 Å². The number of hydrogen-bond donors (Lipinski definition) is 1. The SMILES string of the molecule is O=C(CCCc1ccccc1)Nc1ccnn1C1CCN(Cc2cc(F)cc(F)c2)CC1. The number of rotatable bonds is 8. The first-order chi connectivity index (χ1) is 15.6. The van der Waals surface area contributed by atoms with Crippen LogP contribution in [0.5, 0.6) is 0 Å². The van der Waals surface area contributed by atoms with E-state index in [9.17, 15) is 13.6 Å². The fourth-order valence-corrected chi connectivity index (χ4v) is 4.29. The number of carbonyl (C=O) groups is 1. The summed E-state index contributed by atoms with van der Waals surface area (Å²) in [6, 6.07) is 15.8. The van der Waals surface area contributed by atoms with E-state index in [0.29, 0.717) is 18.5 Å². The van der Waals surface area contributed by atoms with Gasteiger partial charge in [0.1, 0.15) is 17.5 Å². The molecule has 7 heteroatoms. The first-order valence-corrected chi connectivity index (χ1v) is 11.1. The third kappa shape index (κ3) is 6.01. The molecule has 1 fully saturated rings. The predicted molar refractivity (Wildman–Crippen MR) is 120 cm³/mol. The maximum Gasteiger partial charge on any atom is 0.225 e. The molecule has 168 valence electrons. The van der Waals surface area contributed by atoms with Crippen molar-refractivity contribution in [3.63, 3.8) is 0 Å². The van der Waals surface area contributed by atoms with Gasteiger partial charge in [0.2, 0.25) is 5.91 Å². The van der Waals surface area contributed by atoms with Crippen molar-refractivity contribution in [1.29, 1.82) is 0 Å². The van der Waals surface area contributed by atoms with E-state index < -0.39 is 11.6 Å². The van der Waals surface area contributed by atoms with Gasteiger partial charge in [0.15, 0.2) is 0 Å². The summed E-state index contributed by atoms with van der Waals surface area (Å²) in [5.41, 5.74) is 1.88. The Morgan fingerprint density at radius 2 is 1.72 bits per heavy atom. The maximum atomic E-state index is 13.4. The molecule has 0 saturated carbocycles. The molecule has 3 aromatic rings. The second-order valence-corrected chi connectivity index (χ2v) is 8.33. The van der Waals surface area contributed by atoms with Crippen LogP contribution in [-0.4, -0.2) is 33.7 Å². The van der Waals surface area contributed by atoms with Crippen molar-refractivity contribution in [2.24, 2.45) is 0 Å². The van der Waals surface area contributed by atoms with Crippen LogP contribution in [-0.2, 0) is 17.8 Å². The number of nitrogens with zero attached hydrogens (tertiary/aromatic N) is 3. The summed E-state index contributed by atoms with van der Waals surface area (Å²) in [6.45, 7) is 2.12. The van der Waals surface area contributed by atoms with Gasteiger partial charge in [0.05, 0.1) is 12.2 Å². The fourth-order valence-electron chi connectivity index (χ4n) is 4.29. The summed E-state index contributed by atoms with van der Waals surface area (Å²) < 4.78 is 28.8. The Bertz CT molecular complexity index is 1010. The Labute approximate surface area is 187 Å². The molecule has 1 saturated heterocycles. The molecule has 1 aromatic heterocycles. The maximum absolute atomic E-state index is 13.4. The largest absolute Gasteiger partial charge is 0.311 e. The van der Waals surface area contributed by atoms with E-state index in [2.05, 4.69) is 27.4 Å². The molecule has 2 heterocycles. The predicted octanol–water partition coefficient (Wildman–Crippen LogP) is 4.96. The van der Waals surface area contributed by atoms with Crippen LogP contribution in [0.15, 0.2) is 60.8 Å². The number of hydrogen-bond acceptors (Lipinski definition) is 3. The number of nitrogens with one attached hydrogen (secondary N) is 1. The van der Waals surface area contributed by atoms with E-state index in [1.165, 1.54) is 17.7 Å². The van der Waals surface area contributed by atoms with Crippen LogP contribution >= 0.6 is 0 Å². The Hall–Kier alpha value is -3.06. The van der Waals surface area contributed by atoms with Crippen molar-refractivity contribution in [2.45, 2.75) is 44.7 Å². The second kappa shape index (κ2) is 10.5. The minimum absolute atomic E-state index is 0.00625. The molecule has 1 aliphatic rings. The van der Waals surface area contributed by atoms with Crippen molar-refractivity contribution in [2.75, 3.05) is 18.4 Å². The fraction of sp³-hybridized carbons (Fsp3) is 0.360. The van der Waals surface area contributed by atoms with Gasteiger partial charge >= 0.3 is 0 Å². The number of piperidine rings is 1. The molecule has 5 nitrogen and oxygen atoms in total. The smallest absolute Gasteiger partial charge is 0.225 e. The zero-order chi connectivity index (χ0) is 22.3. The van der Waals surface area contributed by atoms with E-state index in [4.69, 9.17) is 0 Å². The van der Waals surface area contributed by atoms with Crippen molar-refractivity contribution in [3.8, 4) is 0 Å². The van der Waals surface area contributed by atoms with Crippen LogP contribution in [0, 0.1) is 11.6 Å². The second-order valence-electron chi connectivity index (χ2n) is 8.33. The van der Waals surface area contributed by atoms with Gasteiger partial charge in [0, 0.05) is 38.2 Å². The molecule has 0 atom stereocenters. The van der Waals surface area contributed by atoms with Gasteiger partial charge in [-0.3, -0.25) is 9.69 Å². The number of likely N-dealkylation sites (tertiary alicyclic amines) is 1. The van der Waals surface area contributed by atoms with Crippen LogP contribution in [0.25, 0.3) is 0 Å². The average Bonchev–Trinajstić information content (AvgIpc) is 3.22. The van der Waals surface area contributed by atoms with Gasteiger partial charge in [-0.25, -0.2) is 13.5 Å². The van der Waals surface area contributed by atoms with Crippen LogP contribution in [0.2, 0.25) is 0 Å². The van der Waals surface area contributed by atoms with Crippen LogP contribution in [0.4, 0.5) is 14.6 Å². The number of aryl methyl sites for hydroxylation is 1. The molecule has 1 aliphatic heterocycles. The number of halogens is 2. The molecule has 0 spiro atoms. The van der Waals surface area contributed by atoms with Crippen molar-refractivity contribution in [3.05, 3.63) is 83.6 Å². The van der Waals surface area contributed by atoms with Gasteiger partial charge in [-0.05, 0) is 48.9 Å². The minimum Gasteiger partial charge on any atom is -0.311 e. The summed E-state index contributed by atoms with van der Waals surface area (Å²) in [4.78, 5) is 14.6. The highest BCUT2D eigenvalue weighted by atomic mass is 19.1. The Balaban J connectivity index is 1.26. The highest BCUT2D eigenvalue weighted by Gasteiger charge is 2.23. The summed E-state index contributed by atoms with van der Waals surface area (Å²) in [6.07, 6.45) is 5.56. The third-order valence-corrected chi connectivity index (χ3v) is 5.88. The molecule has 0 unspecified atom stereocenters. The molecule has 0 aliphatic carbocycles. The number of anilines is 1. The number of benzene rings is 2.